The number of benzene rings is 1. The molecular weight excluding hydrogens is 191 g/mol. The van der Waals surface area contributed by atoms with Crippen molar-refractivity contribution >= 4 is 16.7 Å². The molecule has 1 heterocycles. The normalized spacial score (nSPS) is 10.7. The summed E-state index contributed by atoms with van der Waals surface area (Å²) in [6.07, 6.45) is 0. The van der Waals surface area contributed by atoms with Crippen LogP contribution in [0.5, 0.6) is 0 Å². The highest BCUT2D eigenvalue weighted by atomic mass is 19.1. The summed E-state index contributed by atoms with van der Waals surface area (Å²) in [4.78, 5) is 4.34. The third kappa shape index (κ3) is 1.65. The molecule has 0 aliphatic rings. The van der Waals surface area contributed by atoms with Crippen LogP contribution in [0.4, 0.5) is 10.2 Å². The molecule has 0 amide bonds. The molecule has 0 fully saturated rings. The Morgan fingerprint density at radius 1 is 1.13 bits per heavy atom. The van der Waals surface area contributed by atoms with E-state index in [4.69, 9.17) is 0 Å². The van der Waals surface area contributed by atoms with Gasteiger partial charge in [-0.1, -0.05) is 0 Å². The van der Waals surface area contributed by atoms with Crippen molar-refractivity contribution in [3.8, 4) is 0 Å². The van der Waals surface area contributed by atoms with E-state index in [0.29, 0.717) is 11.1 Å². The first-order valence-electron chi connectivity index (χ1n) is 4.87. The smallest absolute Gasteiger partial charge is 0.129 e. The second kappa shape index (κ2) is 3.50. The Morgan fingerprint density at radius 3 is 2.47 bits per heavy atom. The van der Waals surface area contributed by atoms with Crippen LogP contribution >= 0.6 is 0 Å². The van der Waals surface area contributed by atoms with Crippen LogP contribution in [0.2, 0.25) is 0 Å². The third-order valence-electron chi connectivity index (χ3n) is 2.52. The summed E-state index contributed by atoms with van der Waals surface area (Å²) >= 11 is 0. The first kappa shape index (κ1) is 9.90. The van der Waals surface area contributed by atoms with E-state index in [-0.39, 0.29) is 5.82 Å². The van der Waals surface area contributed by atoms with E-state index in [1.165, 1.54) is 6.07 Å². The lowest BCUT2D eigenvalue weighted by Crippen LogP contribution is -1.96. The lowest BCUT2D eigenvalue weighted by molar-refractivity contribution is 0.620. The van der Waals surface area contributed by atoms with Crippen molar-refractivity contribution in [2.75, 3.05) is 12.4 Å². The van der Waals surface area contributed by atoms with Crippen LogP contribution in [-0.2, 0) is 0 Å². The molecule has 0 spiro atoms. The largest absolute Gasteiger partial charge is 0.373 e. The van der Waals surface area contributed by atoms with Crippen LogP contribution in [0.25, 0.3) is 10.9 Å². The molecule has 0 atom stereocenters. The number of anilines is 1. The first-order valence-corrected chi connectivity index (χ1v) is 4.87. The van der Waals surface area contributed by atoms with E-state index >= 15 is 0 Å². The zero-order valence-corrected chi connectivity index (χ0v) is 9.06. The van der Waals surface area contributed by atoms with E-state index < -0.39 is 0 Å². The molecule has 0 radical (unpaired) electrons. The zero-order valence-electron chi connectivity index (χ0n) is 9.06. The predicted molar refractivity (Wildman–Crippen MR) is 60.7 cm³/mol. The van der Waals surface area contributed by atoms with Gasteiger partial charge in [0.1, 0.15) is 11.6 Å². The molecule has 0 aliphatic heterocycles. The van der Waals surface area contributed by atoms with Crippen LogP contribution < -0.4 is 5.32 Å². The standard InChI is InChI=1S/C12H13FN2/c1-7-4-9-5-8(2)12(14-3)15-11(9)6-10(7)13/h4-6H,1-3H3,(H,14,15). The molecule has 1 N–H and O–H groups in total. The number of fused-ring (bicyclic) bond motifs is 1. The minimum absolute atomic E-state index is 0.207. The van der Waals surface area contributed by atoms with Gasteiger partial charge < -0.3 is 5.32 Å². The molecule has 1 aromatic heterocycles. The van der Waals surface area contributed by atoms with Crippen molar-refractivity contribution < 1.29 is 4.39 Å². The number of halogens is 1. The molecular formula is C12H13FN2. The van der Waals surface area contributed by atoms with Crippen molar-refractivity contribution in [1.82, 2.24) is 4.98 Å². The summed E-state index contributed by atoms with van der Waals surface area (Å²) in [6.45, 7) is 3.74. The second-order valence-electron chi connectivity index (χ2n) is 3.70. The maximum Gasteiger partial charge on any atom is 0.129 e. The van der Waals surface area contributed by atoms with Crippen molar-refractivity contribution in [1.29, 1.82) is 0 Å². The molecule has 2 aromatic rings. The highest BCUT2D eigenvalue weighted by molar-refractivity contribution is 5.82. The molecule has 15 heavy (non-hydrogen) atoms. The number of pyridine rings is 1. The van der Waals surface area contributed by atoms with E-state index in [1.807, 2.05) is 26.1 Å². The van der Waals surface area contributed by atoms with E-state index in [9.17, 15) is 4.39 Å². The van der Waals surface area contributed by atoms with Gasteiger partial charge in [-0.2, -0.15) is 0 Å². The minimum atomic E-state index is -0.207. The van der Waals surface area contributed by atoms with Crippen LogP contribution in [0.1, 0.15) is 11.1 Å². The zero-order chi connectivity index (χ0) is 11.0. The van der Waals surface area contributed by atoms with Gasteiger partial charge in [-0.3, -0.25) is 0 Å². The number of hydrogen-bond acceptors (Lipinski definition) is 2. The van der Waals surface area contributed by atoms with E-state index in [1.54, 1.807) is 6.92 Å². The average molecular weight is 204 g/mol. The third-order valence-corrected chi connectivity index (χ3v) is 2.52. The number of aromatic nitrogens is 1. The fourth-order valence-electron chi connectivity index (χ4n) is 1.67. The number of nitrogens with zero attached hydrogens (tertiary/aromatic N) is 1. The number of hydrogen-bond donors (Lipinski definition) is 1. The lowest BCUT2D eigenvalue weighted by atomic mass is 10.1. The van der Waals surface area contributed by atoms with Gasteiger partial charge in [0.2, 0.25) is 0 Å². The number of nitrogens with one attached hydrogen (secondary N) is 1. The molecule has 3 heteroatoms. The van der Waals surface area contributed by atoms with Crippen molar-refractivity contribution in [2.24, 2.45) is 0 Å². The van der Waals surface area contributed by atoms with Crippen LogP contribution in [-0.4, -0.2) is 12.0 Å². The maximum atomic E-state index is 13.3. The Morgan fingerprint density at radius 2 is 1.80 bits per heavy atom. The highest BCUT2D eigenvalue weighted by Crippen LogP contribution is 2.22. The molecule has 0 saturated heterocycles. The van der Waals surface area contributed by atoms with Gasteiger partial charge in [0.05, 0.1) is 5.52 Å². The van der Waals surface area contributed by atoms with Crippen molar-refractivity contribution in [3.63, 3.8) is 0 Å². The van der Waals surface area contributed by atoms with Crippen LogP contribution in [0, 0.1) is 19.7 Å². The molecule has 0 aliphatic carbocycles. The Hall–Kier alpha value is -1.64. The van der Waals surface area contributed by atoms with Gasteiger partial charge in [-0.25, -0.2) is 9.37 Å². The monoisotopic (exact) mass is 204 g/mol. The summed E-state index contributed by atoms with van der Waals surface area (Å²) in [7, 11) is 1.81. The first-order chi connectivity index (χ1) is 7.11. The molecule has 0 saturated carbocycles. The molecule has 1 aromatic carbocycles. The van der Waals surface area contributed by atoms with Crippen molar-refractivity contribution in [2.45, 2.75) is 13.8 Å². The number of aryl methyl sites for hydroxylation is 2. The molecule has 78 valence electrons. The van der Waals surface area contributed by atoms with Crippen molar-refractivity contribution in [3.05, 3.63) is 35.1 Å². The molecule has 2 nitrogen and oxygen atoms in total. The Bertz CT molecular complexity index is 521. The van der Waals surface area contributed by atoms with Gasteiger partial charge in [-0.05, 0) is 37.1 Å². The molecule has 0 bridgehead atoms. The van der Waals surface area contributed by atoms with Gasteiger partial charge in [0.15, 0.2) is 0 Å². The van der Waals surface area contributed by atoms with Gasteiger partial charge in [0, 0.05) is 18.5 Å². The van der Waals surface area contributed by atoms with E-state index in [2.05, 4.69) is 10.3 Å². The van der Waals surface area contributed by atoms with E-state index in [0.717, 1.165) is 16.8 Å². The topological polar surface area (TPSA) is 24.9 Å². The van der Waals surface area contributed by atoms with Crippen LogP contribution in [0.15, 0.2) is 18.2 Å². The SMILES string of the molecule is CNc1nc2cc(F)c(C)cc2cc1C. The fraction of sp³-hybridized carbons (Fsp3) is 0.250. The van der Waals surface area contributed by atoms with Gasteiger partial charge in [0.25, 0.3) is 0 Å². The second-order valence-corrected chi connectivity index (χ2v) is 3.70. The quantitative estimate of drug-likeness (QED) is 0.772. The fourth-order valence-corrected chi connectivity index (χ4v) is 1.67. The summed E-state index contributed by atoms with van der Waals surface area (Å²) in [5.74, 6) is 0.589. The summed E-state index contributed by atoms with van der Waals surface area (Å²) < 4.78 is 13.3. The Labute approximate surface area is 88.1 Å². The average Bonchev–Trinajstić information content (AvgIpc) is 2.20. The maximum absolute atomic E-state index is 13.3. The van der Waals surface area contributed by atoms with Gasteiger partial charge in [-0.15, -0.1) is 0 Å². The Balaban J connectivity index is 2.76. The number of rotatable bonds is 1. The van der Waals surface area contributed by atoms with Crippen LogP contribution in [0.3, 0.4) is 0 Å². The molecule has 2 rings (SSSR count). The summed E-state index contributed by atoms with van der Waals surface area (Å²) in [6, 6.07) is 5.32. The minimum Gasteiger partial charge on any atom is -0.373 e. The predicted octanol–water partition coefficient (Wildman–Crippen LogP) is 3.03. The summed E-state index contributed by atoms with van der Waals surface area (Å²) in [5.41, 5.74) is 2.41. The van der Waals surface area contributed by atoms with Gasteiger partial charge >= 0.3 is 0 Å². The Kier molecular flexibility index (Phi) is 2.31. The summed E-state index contributed by atoms with van der Waals surface area (Å²) in [5, 5.41) is 3.97. The lowest BCUT2D eigenvalue weighted by Gasteiger charge is -2.07. The molecule has 0 unspecified atom stereocenters. The highest BCUT2D eigenvalue weighted by Gasteiger charge is 2.05.